The van der Waals surface area contributed by atoms with Gasteiger partial charge in [-0.15, -0.1) is 0 Å². The molecule has 2 heterocycles. The van der Waals surface area contributed by atoms with Gasteiger partial charge in [-0.25, -0.2) is 9.59 Å². The van der Waals surface area contributed by atoms with Crippen molar-refractivity contribution in [3.05, 3.63) is 71.8 Å². The van der Waals surface area contributed by atoms with Crippen LogP contribution >= 0.6 is 0 Å². The van der Waals surface area contributed by atoms with Gasteiger partial charge in [0.2, 0.25) is 0 Å². The van der Waals surface area contributed by atoms with E-state index in [1.165, 1.54) is 0 Å². The molecule has 4 saturated carbocycles. The number of esters is 2. The number of aliphatic hydroxyl groups excluding tert-OH is 1. The average Bonchev–Trinajstić information content (AvgIpc) is 3.54. The summed E-state index contributed by atoms with van der Waals surface area (Å²) in [5, 5.41) is 24.7. The maximum Gasteiger partial charge on any atom is 0.338 e. The van der Waals surface area contributed by atoms with Gasteiger partial charge in [0, 0.05) is 24.2 Å². The number of carbonyl (C=O) groups excluding carboxylic acids is 2. The highest BCUT2D eigenvalue weighted by Gasteiger charge is 2.73. The van der Waals surface area contributed by atoms with E-state index in [1.54, 1.807) is 48.5 Å². The second-order valence-electron chi connectivity index (χ2n) is 17.0. The van der Waals surface area contributed by atoms with Gasteiger partial charge < -0.3 is 29.2 Å². The number of carbonyl (C=O) groups is 2. The molecule has 6 aliphatic rings. The van der Waals surface area contributed by atoms with E-state index in [-0.39, 0.29) is 42.1 Å². The fourth-order valence-electron chi connectivity index (χ4n) is 12.1. The van der Waals surface area contributed by atoms with Crippen LogP contribution in [0.2, 0.25) is 0 Å². The molecule has 2 N–H and O–H groups in total. The molecule has 8 rings (SSSR count). The van der Waals surface area contributed by atoms with Crippen LogP contribution in [-0.4, -0.2) is 64.6 Å². The van der Waals surface area contributed by atoms with Crippen LogP contribution in [0.25, 0.3) is 0 Å². The summed E-state index contributed by atoms with van der Waals surface area (Å²) in [5.74, 6) is 0.296. The third kappa shape index (κ3) is 5.06. The van der Waals surface area contributed by atoms with Crippen LogP contribution in [-0.2, 0) is 18.9 Å². The van der Waals surface area contributed by atoms with E-state index in [0.717, 1.165) is 38.7 Å². The summed E-state index contributed by atoms with van der Waals surface area (Å²) in [4.78, 5) is 26.8. The molecule has 14 atom stereocenters. The molecule has 0 aromatic heterocycles. The molecule has 2 aromatic rings. The number of benzene rings is 2. The zero-order valence-corrected chi connectivity index (χ0v) is 29.3. The minimum Gasteiger partial charge on any atom is -0.455 e. The first kappa shape index (κ1) is 33.4. The monoisotopic (exact) mass is 672 g/mol. The Kier molecular flexibility index (Phi) is 8.10. The molecule has 14 unspecified atom stereocenters. The first-order valence-electron chi connectivity index (χ1n) is 18.6. The Labute approximate surface area is 289 Å². The SMILES string of the molecule is CC1CCC2(OC1)OC1CC3C4CC(O)C5(O)CC(OC(=O)c6ccccc6)C(OC(=O)c6ccccc6)CC5(C)C4CCC3(C)C1C2C. The normalized spacial score (nSPS) is 47.0. The lowest BCUT2D eigenvalue weighted by Crippen LogP contribution is -2.71. The highest BCUT2D eigenvalue weighted by atomic mass is 16.7. The second-order valence-corrected chi connectivity index (χ2v) is 17.0. The third-order valence-electron chi connectivity index (χ3n) is 14.6. The number of rotatable bonds is 4. The Balaban J connectivity index is 1.08. The lowest BCUT2D eigenvalue weighted by Gasteiger charge is -2.66. The van der Waals surface area contributed by atoms with Crippen molar-refractivity contribution in [3.8, 4) is 0 Å². The average molecular weight is 673 g/mol. The first-order valence-corrected chi connectivity index (χ1v) is 18.6. The molecule has 2 aromatic carbocycles. The fourth-order valence-corrected chi connectivity index (χ4v) is 12.1. The van der Waals surface area contributed by atoms with Crippen molar-refractivity contribution < 1.29 is 38.7 Å². The zero-order valence-electron chi connectivity index (χ0n) is 29.3. The van der Waals surface area contributed by atoms with Gasteiger partial charge in [-0.1, -0.05) is 64.1 Å². The number of hydrogen-bond acceptors (Lipinski definition) is 8. The Bertz CT molecular complexity index is 1560. The van der Waals surface area contributed by atoms with Crippen molar-refractivity contribution >= 4 is 11.9 Å². The predicted molar refractivity (Wildman–Crippen MR) is 181 cm³/mol. The number of ether oxygens (including phenoxy) is 4. The molecule has 0 amide bonds. The predicted octanol–water partition coefficient (Wildman–Crippen LogP) is 6.58. The minimum atomic E-state index is -1.52. The molecular formula is C41H52O8. The Morgan fingerprint density at radius 2 is 1.43 bits per heavy atom. The van der Waals surface area contributed by atoms with E-state index in [9.17, 15) is 19.8 Å². The van der Waals surface area contributed by atoms with Crippen molar-refractivity contribution in [1.29, 1.82) is 0 Å². The molecule has 8 nitrogen and oxygen atoms in total. The molecule has 2 saturated heterocycles. The van der Waals surface area contributed by atoms with Gasteiger partial charge in [-0.05, 0) is 97.8 Å². The van der Waals surface area contributed by atoms with Crippen LogP contribution in [0.3, 0.4) is 0 Å². The highest BCUT2D eigenvalue weighted by molar-refractivity contribution is 5.90. The second kappa shape index (κ2) is 11.9. The van der Waals surface area contributed by atoms with Crippen molar-refractivity contribution in [2.45, 2.75) is 115 Å². The van der Waals surface area contributed by atoms with Crippen LogP contribution < -0.4 is 0 Å². The van der Waals surface area contributed by atoms with E-state index >= 15 is 0 Å². The zero-order chi connectivity index (χ0) is 34.3. The third-order valence-corrected chi connectivity index (χ3v) is 14.6. The van der Waals surface area contributed by atoms with Crippen molar-refractivity contribution in [2.75, 3.05) is 6.61 Å². The maximum absolute atomic E-state index is 13.5. The number of fused-ring (bicyclic) bond motifs is 7. The first-order chi connectivity index (χ1) is 23.4. The van der Waals surface area contributed by atoms with Crippen LogP contribution in [0.4, 0.5) is 0 Å². The quantitative estimate of drug-likeness (QED) is 0.351. The molecular weight excluding hydrogens is 620 g/mol. The van der Waals surface area contributed by atoms with Crippen LogP contribution in [0, 0.1) is 46.3 Å². The standard InChI is InChI=1S/C41H52O8/c1-24-15-18-41(46-23-24)25(2)35-31(49-41)20-30-28-19-34(42)40(45)22-33(48-37(44)27-13-9-6-10-14-27)32(47-36(43)26-11-7-5-8-12-26)21-39(40,4)29(28)16-17-38(30,35)3/h5-14,24-25,28-35,42,45H,15-23H2,1-4H3. The molecule has 6 fully saturated rings. The van der Waals surface area contributed by atoms with E-state index in [1.807, 2.05) is 12.1 Å². The largest absolute Gasteiger partial charge is 0.455 e. The lowest BCUT2D eigenvalue weighted by molar-refractivity contribution is -0.286. The smallest absolute Gasteiger partial charge is 0.338 e. The molecule has 2 aliphatic heterocycles. The highest BCUT2D eigenvalue weighted by Crippen LogP contribution is 2.72. The van der Waals surface area contributed by atoms with E-state index in [4.69, 9.17) is 18.9 Å². The topological polar surface area (TPSA) is 112 Å². The number of hydrogen-bond donors (Lipinski definition) is 2. The molecule has 49 heavy (non-hydrogen) atoms. The summed E-state index contributed by atoms with van der Waals surface area (Å²) in [6.45, 7) is 9.85. The van der Waals surface area contributed by atoms with Crippen molar-refractivity contribution in [3.63, 3.8) is 0 Å². The summed E-state index contributed by atoms with van der Waals surface area (Å²) >= 11 is 0. The minimum absolute atomic E-state index is 0.00912. The number of aliphatic hydroxyl groups is 2. The molecule has 4 aliphatic carbocycles. The molecule has 0 bridgehead atoms. The van der Waals surface area contributed by atoms with E-state index < -0.39 is 47.1 Å². The van der Waals surface area contributed by atoms with Gasteiger partial charge in [-0.2, -0.15) is 0 Å². The van der Waals surface area contributed by atoms with Gasteiger partial charge in [-0.3, -0.25) is 0 Å². The lowest BCUT2D eigenvalue weighted by atomic mass is 9.42. The summed E-state index contributed by atoms with van der Waals surface area (Å²) in [6.07, 6.45) is 3.05. The summed E-state index contributed by atoms with van der Waals surface area (Å²) in [5.41, 5.74) is -1.47. The van der Waals surface area contributed by atoms with Crippen molar-refractivity contribution in [1.82, 2.24) is 0 Å². The molecule has 264 valence electrons. The van der Waals surface area contributed by atoms with Gasteiger partial charge >= 0.3 is 11.9 Å². The Morgan fingerprint density at radius 1 is 0.816 bits per heavy atom. The Morgan fingerprint density at radius 3 is 2.02 bits per heavy atom. The van der Waals surface area contributed by atoms with E-state index in [0.29, 0.717) is 35.3 Å². The van der Waals surface area contributed by atoms with Gasteiger partial charge in [0.1, 0.15) is 12.2 Å². The van der Waals surface area contributed by atoms with Crippen LogP contribution in [0.15, 0.2) is 60.7 Å². The van der Waals surface area contributed by atoms with E-state index in [2.05, 4.69) is 27.7 Å². The van der Waals surface area contributed by atoms with Crippen LogP contribution in [0.5, 0.6) is 0 Å². The summed E-state index contributed by atoms with van der Waals surface area (Å²) in [7, 11) is 0. The van der Waals surface area contributed by atoms with Gasteiger partial charge in [0.25, 0.3) is 0 Å². The van der Waals surface area contributed by atoms with Gasteiger partial charge in [0.15, 0.2) is 5.79 Å². The van der Waals surface area contributed by atoms with Gasteiger partial charge in [0.05, 0.1) is 35.5 Å². The molecule has 1 spiro atoms. The molecule has 0 radical (unpaired) electrons. The van der Waals surface area contributed by atoms with Crippen LogP contribution in [0.1, 0.15) is 99.8 Å². The summed E-state index contributed by atoms with van der Waals surface area (Å²) < 4.78 is 25.7. The van der Waals surface area contributed by atoms with Crippen molar-refractivity contribution in [2.24, 2.45) is 46.3 Å². The Hall–Kier alpha value is -2.78. The molecule has 8 heteroatoms. The fraction of sp³-hybridized carbons (Fsp3) is 0.659. The maximum atomic E-state index is 13.5. The summed E-state index contributed by atoms with van der Waals surface area (Å²) in [6, 6.07) is 17.5.